The Labute approximate surface area is 126 Å². The van der Waals surface area contributed by atoms with E-state index in [0.717, 1.165) is 18.7 Å². The highest BCUT2D eigenvalue weighted by Gasteiger charge is 2.28. The summed E-state index contributed by atoms with van der Waals surface area (Å²) < 4.78 is 18.6. The molecule has 7 heteroatoms. The molecule has 1 saturated carbocycles. The molecule has 112 valence electrons. The second-order valence-electron chi connectivity index (χ2n) is 5.11. The standard InChI is InChI=1S/C14H15ClFN3O2/c15-10-4-3-9(5-11(10)16)12(7-20)17-6-13-18-14(19-21-13)8-1-2-8/h3-5,8,12,17,20H,1-2,6-7H2/t12-/m1/s1. The second kappa shape index (κ2) is 6.09. The Morgan fingerprint density at radius 3 is 2.95 bits per heavy atom. The van der Waals surface area contributed by atoms with E-state index in [1.165, 1.54) is 12.1 Å². The lowest BCUT2D eigenvalue weighted by Gasteiger charge is -2.15. The van der Waals surface area contributed by atoms with Gasteiger partial charge in [0, 0.05) is 5.92 Å². The number of nitrogens with one attached hydrogen (secondary N) is 1. The first-order valence-corrected chi connectivity index (χ1v) is 7.17. The van der Waals surface area contributed by atoms with Crippen molar-refractivity contribution < 1.29 is 14.0 Å². The first kappa shape index (κ1) is 14.4. The van der Waals surface area contributed by atoms with Gasteiger partial charge in [0.05, 0.1) is 24.2 Å². The Kier molecular flexibility index (Phi) is 4.19. The van der Waals surface area contributed by atoms with Crippen LogP contribution >= 0.6 is 11.6 Å². The molecular weight excluding hydrogens is 297 g/mol. The smallest absolute Gasteiger partial charge is 0.240 e. The highest BCUT2D eigenvalue weighted by atomic mass is 35.5. The van der Waals surface area contributed by atoms with Crippen LogP contribution in [0.15, 0.2) is 22.7 Å². The third-order valence-corrected chi connectivity index (χ3v) is 3.76. The van der Waals surface area contributed by atoms with Gasteiger partial charge in [-0.2, -0.15) is 4.98 Å². The van der Waals surface area contributed by atoms with Crippen molar-refractivity contribution in [2.75, 3.05) is 6.61 Å². The molecule has 1 aromatic carbocycles. The van der Waals surface area contributed by atoms with Crippen LogP contribution in [0.1, 0.15) is 42.1 Å². The van der Waals surface area contributed by atoms with Crippen LogP contribution in [0.25, 0.3) is 0 Å². The van der Waals surface area contributed by atoms with Crippen LogP contribution in [0.3, 0.4) is 0 Å². The molecule has 0 aliphatic heterocycles. The topological polar surface area (TPSA) is 71.2 Å². The first-order chi connectivity index (χ1) is 10.2. The summed E-state index contributed by atoms with van der Waals surface area (Å²) in [5.74, 6) is 1.12. The van der Waals surface area contributed by atoms with Gasteiger partial charge in [0.15, 0.2) is 5.82 Å². The number of hydrogen-bond acceptors (Lipinski definition) is 5. The maximum absolute atomic E-state index is 13.5. The van der Waals surface area contributed by atoms with Gasteiger partial charge in [-0.1, -0.05) is 22.8 Å². The van der Waals surface area contributed by atoms with Crippen molar-refractivity contribution in [3.8, 4) is 0 Å². The molecule has 5 nitrogen and oxygen atoms in total. The molecule has 0 amide bonds. The van der Waals surface area contributed by atoms with E-state index >= 15 is 0 Å². The average molecular weight is 312 g/mol. The Hall–Kier alpha value is -1.50. The van der Waals surface area contributed by atoms with Gasteiger partial charge >= 0.3 is 0 Å². The van der Waals surface area contributed by atoms with Gasteiger partial charge in [0.2, 0.25) is 5.89 Å². The lowest BCUT2D eigenvalue weighted by atomic mass is 10.1. The van der Waals surface area contributed by atoms with Crippen molar-refractivity contribution in [1.29, 1.82) is 0 Å². The van der Waals surface area contributed by atoms with Crippen molar-refractivity contribution in [3.63, 3.8) is 0 Å². The molecule has 0 bridgehead atoms. The van der Waals surface area contributed by atoms with Crippen molar-refractivity contribution in [1.82, 2.24) is 15.5 Å². The van der Waals surface area contributed by atoms with Crippen LogP contribution < -0.4 is 5.32 Å². The fourth-order valence-corrected chi connectivity index (χ4v) is 2.19. The number of aromatic nitrogens is 2. The van der Waals surface area contributed by atoms with Crippen LogP contribution in [-0.4, -0.2) is 21.9 Å². The van der Waals surface area contributed by atoms with Crippen molar-refractivity contribution in [3.05, 3.63) is 46.3 Å². The fraction of sp³-hybridized carbons (Fsp3) is 0.429. The third kappa shape index (κ3) is 3.40. The predicted octanol–water partition coefficient (Wildman–Crippen LogP) is 2.56. The Morgan fingerprint density at radius 1 is 1.48 bits per heavy atom. The van der Waals surface area contributed by atoms with Gasteiger partial charge in [0.25, 0.3) is 0 Å². The van der Waals surface area contributed by atoms with Gasteiger partial charge in [-0.15, -0.1) is 0 Å². The Bertz CT molecular complexity index is 630. The molecule has 2 N–H and O–H groups in total. The predicted molar refractivity (Wildman–Crippen MR) is 74.3 cm³/mol. The summed E-state index contributed by atoms with van der Waals surface area (Å²) in [6.45, 7) is 0.139. The second-order valence-corrected chi connectivity index (χ2v) is 5.52. The first-order valence-electron chi connectivity index (χ1n) is 6.79. The van der Waals surface area contributed by atoms with Gasteiger partial charge in [0.1, 0.15) is 5.82 Å². The minimum Gasteiger partial charge on any atom is -0.394 e. The lowest BCUT2D eigenvalue weighted by Crippen LogP contribution is -2.24. The third-order valence-electron chi connectivity index (χ3n) is 3.45. The number of nitrogens with zero attached hydrogens (tertiary/aromatic N) is 2. The van der Waals surface area contributed by atoms with Gasteiger partial charge in [-0.05, 0) is 30.5 Å². The number of benzene rings is 1. The normalized spacial score (nSPS) is 16.1. The van der Waals surface area contributed by atoms with E-state index in [1.54, 1.807) is 6.07 Å². The van der Waals surface area contributed by atoms with Crippen molar-refractivity contribution in [2.24, 2.45) is 0 Å². The number of halogens is 2. The minimum absolute atomic E-state index is 0.0569. The molecule has 0 radical (unpaired) electrons. The lowest BCUT2D eigenvalue weighted by molar-refractivity contribution is 0.237. The molecule has 0 saturated heterocycles. The molecule has 1 heterocycles. The summed E-state index contributed by atoms with van der Waals surface area (Å²) in [7, 11) is 0. The Balaban J connectivity index is 1.64. The average Bonchev–Trinajstić information content (AvgIpc) is 3.23. The fourth-order valence-electron chi connectivity index (χ4n) is 2.07. The van der Waals surface area contributed by atoms with Crippen LogP contribution in [0.2, 0.25) is 5.02 Å². The van der Waals surface area contributed by atoms with E-state index in [4.69, 9.17) is 16.1 Å². The quantitative estimate of drug-likeness (QED) is 0.858. The molecule has 1 aliphatic carbocycles. The van der Waals surface area contributed by atoms with Crippen LogP contribution in [0.5, 0.6) is 0 Å². The number of rotatable bonds is 6. The molecule has 0 unspecified atom stereocenters. The van der Waals surface area contributed by atoms with Crippen molar-refractivity contribution in [2.45, 2.75) is 31.3 Å². The maximum Gasteiger partial charge on any atom is 0.240 e. The highest BCUT2D eigenvalue weighted by Crippen LogP contribution is 2.38. The Morgan fingerprint density at radius 2 is 2.29 bits per heavy atom. The summed E-state index contributed by atoms with van der Waals surface area (Å²) in [6, 6.07) is 4.02. The number of aliphatic hydroxyl groups is 1. The summed E-state index contributed by atoms with van der Waals surface area (Å²) >= 11 is 5.65. The van der Waals surface area contributed by atoms with Crippen LogP contribution in [-0.2, 0) is 6.54 Å². The van der Waals surface area contributed by atoms with Gasteiger partial charge in [-0.25, -0.2) is 4.39 Å². The van der Waals surface area contributed by atoms with E-state index in [2.05, 4.69) is 15.5 Å². The molecular formula is C14H15ClFN3O2. The van der Waals surface area contributed by atoms with Crippen molar-refractivity contribution >= 4 is 11.6 Å². The zero-order chi connectivity index (χ0) is 14.8. The number of hydrogen-bond donors (Lipinski definition) is 2. The van der Waals surface area contributed by atoms with E-state index < -0.39 is 11.9 Å². The summed E-state index contributed by atoms with van der Waals surface area (Å²) in [6.07, 6.45) is 2.21. The van der Waals surface area contributed by atoms with Crippen LogP contribution in [0.4, 0.5) is 4.39 Å². The van der Waals surface area contributed by atoms with E-state index in [-0.39, 0.29) is 11.6 Å². The van der Waals surface area contributed by atoms with E-state index in [0.29, 0.717) is 23.9 Å². The summed E-state index contributed by atoms with van der Waals surface area (Å²) in [5, 5.41) is 16.5. The zero-order valence-electron chi connectivity index (χ0n) is 11.2. The van der Waals surface area contributed by atoms with Crippen LogP contribution in [0, 0.1) is 5.82 Å². The molecule has 21 heavy (non-hydrogen) atoms. The molecule has 1 fully saturated rings. The van der Waals surface area contributed by atoms with E-state index in [1.807, 2.05) is 0 Å². The van der Waals surface area contributed by atoms with E-state index in [9.17, 15) is 9.50 Å². The molecule has 1 aliphatic rings. The number of aliphatic hydroxyl groups excluding tert-OH is 1. The molecule has 3 rings (SSSR count). The zero-order valence-corrected chi connectivity index (χ0v) is 12.0. The largest absolute Gasteiger partial charge is 0.394 e. The molecule has 1 atom stereocenters. The molecule has 2 aromatic rings. The summed E-state index contributed by atoms with van der Waals surface area (Å²) in [5.41, 5.74) is 0.612. The monoisotopic (exact) mass is 311 g/mol. The highest BCUT2D eigenvalue weighted by molar-refractivity contribution is 6.30. The molecule has 0 spiro atoms. The maximum atomic E-state index is 13.5. The minimum atomic E-state index is -0.511. The van der Waals surface area contributed by atoms with Gasteiger partial charge < -0.3 is 9.63 Å². The summed E-state index contributed by atoms with van der Waals surface area (Å²) in [4.78, 5) is 4.29. The van der Waals surface area contributed by atoms with Gasteiger partial charge in [-0.3, -0.25) is 5.32 Å². The molecule has 1 aromatic heterocycles. The SMILES string of the molecule is OC[C@@H](NCc1nc(C2CC2)no1)c1ccc(Cl)c(F)c1.